The van der Waals surface area contributed by atoms with Gasteiger partial charge in [-0.3, -0.25) is 4.79 Å². The third kappa shape index (κ3) is 3.66. The second kappa shape index (κ2) is 7.40. The zero-order chi connectivity index (χ0) is 18.8. The molecule has 0 saturated heterocycles. The molecule has 0 spiro atoms. The van der Waals surface area contributed by atoms with E-state index >= 15 is 0 Å². The molecule has 1 aliphatic heterocycles. The average Bonchev–Trinajstić information content (AvgIpc) is 3.04. The molecule has 2 heterocycles. The summed E-state index contributed by atoms with van der Waals surface area (Å²) in [4.78, 5) is 19.9. The minimum Gasteiger partial charge on any atom is -0.484 e. The molecule has 138 valence electrons. The Balaban J connectivity index is 1.42. The van der Waals surface area contributed by atoms with E-state index in [-0.39, 0.29) is 12.5 Å². The van der Waals surface area contributed by atoms with Crippen LogP contribution in [0.3, 0.4) is 0 Å². The van der Waals surface area contributed by atoms with Gasteiger partial charge < -0.3 is 15.4 Å². The van der Waals surface area contributed by atoms with Gasteiger partial charge in [0.15, 0.2) is 11.7 Å². The van der Waals surface area contributed by atoms with Crippen molar-refractivity contribution < 1.29 is 9.53 Å². The molecule has 0 fully saturated rings. The maximum atomic E-state index is 12.6. The molecular formula is C21H21N3O2S. The van der Waals surface area contributed by atoms with Gasteiger partial charge in [-0.15, -0.1) is 11.3 Å². The zero-order valence-corrected chi connectivity index (χ0v) is 16.0. The summed E-state index contributed by atoms with van der Waals surface area (Å²) in [5.74, 6) is 0.646. The number of nitrogens with two attached hydrogens (primary N) is 1. The highest BCUT2D eigenvalue weighted by Crippen LogP contribution is 2.30. The number of fused-ring (bicyclic) bond motifs is 1. The van der Waals surface area contributed by atoms with Crippen LogP contribution >= 0.6 is 11.3 Å². The van der Waals surface area contributed by atoms with Crippen LogP contribution in [-0.2, 0) is 11.2 Å². The van der Waals surface area contributed by atoms with Crippen LogP contribution in [0.25, 0.3) is 11.3 Å². The van der Waals surface area contributed by atoms with Gasteiger partial charge in [-0.2, -0.15) is 0 Å². The smallest absolute Gasteiger partial charge is 0.264 e. The SMILES string of the molecule is Cc1sc(N)nc1-c1ccc(OCC(=O)N2CCCc3ccccc32)cc1. The topological polar surface area (TPSA) is 68.5 Å². The van der Waals surface area contributed by atoms with Crippen LogP contribution in [0.5, 0.6) is 5.75 Å². The first-order valence-corrected chi connectivity index (χ1v) is 9.78. The maximum Gasteiger partial charge on any atom is 0.264 e. The first-order valence-electron chi connectivity index (χ1n) is 8.96. The highest BCUT2D eigenvalue weighted by molar-refractivity contribution is 7.15. The molecule has 2 aromatic carbocycles. The van der Waals surface area contributed by atoms with E-state index < -0.39 is 0 Å². The number of hydrogen-bond acceptors (Lipinski definition) is 5. The second-order valence-electron chi connectivity index (χ2n) is 6.55. The largest absolute Gasteiger partial charge is 0.484 e. The molecule has 0 bridgehead atoms. The van der Waals surface area contributed by atoms with Gasteiger partial charge in [-0.1, -0.05) is 18.2 Å². The number of ether oxygens (including phenoxy) is 1. The van der Waals surface area contributed by atoms with E-state index in [9.17, 15) is 4.79 Å². The summed E-state index contributed by atoms with van der Waals surface area (Å²) in [6.07, 6.45) is 2.00. The Morgan fingerprint density at radius 3 is 2.74 bits per heavy atom. The van der Waals surface area contributed by atoms with Crippen LogP contribution in [0.2, 0.25) is 0 Å². The Labute approximate surface area is 162 Å². The molecule has 0 saturated carbocycles. The predicted molar refractivity (Wildman–Crippen MR) is 109 cm³/mol. The van der Waals surface area contributed by atoms with Crippen molar-refractivity contribution in [2.45, 2.75) is 19.8 Å². The van der Waals surface area contributed by atoms with Gasteiger partial charge in [0.2, 0.25) is 0 Å². The van der Waals surface area contributed by atoms with Gasteiger partial charge in [0.25, 0.3) is 5.91 Å². The van der Waals surface area contributed by atoms with Crippen LogP contribution in [0, 0.1) is 6.92 Å². The molecule has 2 N–H and O–H groups in total. The van der Waals surface area contributed by atoms with E-state index in [0.717, 1.165) is 41.2 Å². The number of carbonyl (C=O) groups excluding carboxylic acids is 1. The number of carbonyl (C=O) groups is 1. The van der Waals surface area contributed by atoms with Crippen molar-refractivity contribution in [1.29, 1.82) is 0 Å². The molecule has 1 aliphatic rings. The summed E-state index contributed by atoms with van der Waals surface area (Å²) in [6.45, 7) is 2.77. The summed E-state index contributed by atoms with van der Waals surface area (Å²) >= 11 is 1.48. The number of anilines is 2. The van der Waals surface area contributed by atoms with Crippen LogP contribution in [0.15, 0.2) is 48.5 Å². The van der Waals surface area contributed by atoms with Crippen LogP contribution in [-0.4, -0.2) is 24.0 Å². The van der Waals surface area contributed by atoms with Crippen molar-refractivity contribution in [3.63, 3.8) is 0 Å². The van der Waals surface area contributed by atoms with Gasteiger partial charge >= 0.3 is 0 Å². The van der Waals surface area contributed by atoms with E-state index in [0.29, 0.717) is 10.9 Å². The number of rotatable bonds is 4. The molecule has 1 aromatic heterocycles. The Bertz CT molecular complexity index is 966. The summed E-state index contributed by atoms with van der Waals surface area (Å²) in [5, 5.41) is 0.565. The third-order valence-electron chi connectivity index (χ3n) is 4.71. The number of nitrogen functional groups attached to an aromatic ring is 1. The monoisotopic (exact) mass is 379 g/mol. The van der Waals surface area contributed by atoms with E-state index in [1.54, 1.807) is 0 Å². The third-order valence-corrected chi connectivity index (χ3v) is 5.51. The van der Waals surface area contributed by atoms with Crippen LogP contribution in [0.1, 0.15) is 16.9 Å². The summed E-state index contributed by atoms with van der Waals surface area (Å²) in [6, 6.07) is 15.7. The number of para-hydroxylation sites is 1. The molecule has 0 unspecified atom stereocenters. The fourth-order valence-corrected chi connectivity index (χ4v) is 4.12. The molecule has 0 atom stereocenters. The molecular weight excluding hydrogens is 358 g/mol. The number of benzene rings is 2. The van der Waals surface area contributed by atoms with Crippen LogP contribution in [0.4, 0.5) is 10.8 Å². The minimum atomic E-state index is -0.0191. The molecule has 6 heteroatoms. The van der Waals surface area contributed by atoms with E-state index in [2.05, 4.69) is 11.1 Å². The Kier molecular flexibility index (Phi) is 4.81. The van der Waals surface area contributed by atoms with Crippen molar-refractivity contribution in [1.82, 2.24) is 4.98 Å². The Morgan fingerprint density at radius 1 is 1.22 bits per heavy atom. The first-order chi connectivity index (χ1) is 13.1. The predicted octanol–water partition coefficient (Wildman–Crippen LogP) is 4.06. The van der Waals surface area contributed by atoms with Crippen molar-refractivity contribution in [2.75, 3.05) is 23.8 Å². The van der Waals surface area contributed by atoms with Gasteiger partial charge in [-0.25, -0.2) is 4.98 Å². The van der Waals surface area contributed by atoms with Gasteiger partial charge in [0.1, 0.15) is 5.75 Å². The van der Waals surface area contributed by atoms with Crippen LogP contribution < -0.4 is 15.4 Å². The first kappa shape index (κ1) is 17.5. The van der Waals surface area contributed by atoms with Gasteiger partial charge in [-0.05, 0) is 55.7 Å². The fourth-order valence-electron chi connectivity index (χ4n) is 3.41. The molecule has 5 nitrogen and oxygen atoms in total. The van der Waals surface area contributed by atoms with E-state index in [1.165, 1.54) is 16.9 Å². The van der Waals surface area contributed by atoms with Crippen molar-refractivity contribution in [2.24, 2.45) is 0 Å². The fraction of sp³-hybridized carbons (Fsp3) is 0.238. The number of nitrogens with zero attached hydrogens (tertiary/aromatic N) is 2. The highest BCUT2D eigenvalue weighted by Gasteiger charge is 2.22. The quantitative estimate of drug-likeness (QED) is 0.742. The summed E-state index contributed by atoms with van der Waals surface area (Å²) < 4.78 is 5.73. The molecule has 1 amide bonds. The Morgan fingerprint density at radius 2 is 2.00 bits per heavy atom. The van der Waals surface area contributed by atoms with E-state index in [4.69, 9.17) is 10.5 Å². The maximum absolute atomic E-state index is 12.6. The van der Waals surface area contributed by atoms with Gasteiger partial charge in [0, 0.05) is 22.7 Å². The van der Waals surface area contributed by atoms with Gasteiger partial charge in [0.05, 0.1) is 5.69 Å². The minimum absolute atomic E-state index is 0.0191. The van der Waals surface area contributed by atoms with E-state index in [1.807, 2.05) is 54.3 Å². The number of hydrogen-bond donors (Lipinski definition) is 1. The molecule has 0 radical (unpaired) electrons. The summed E-state index contributed by atoms with van der Waals surface area (Å²) in [7, 11) is 0. The number of aromatic nitrogens is 1. The standard InChI is InChI=1S/C21H21N3O2S/c1-14-20(23-21(22)27-14)16-8-10-17(11-9-16)26-13-19(25)24-12-4-6-15-5-2-3-7-18(15)24/h2-3,5,7-11H,4,6,12-13H2,1H3,(H2,22,23). The lowest BCUT2D eigenvalue weighted by molar-refractivity contribution is -0.120. The Hall–Kier alpha value is -2.86. The van der Waals surface area contributed by atoms with Crippen molar-refractivity contribution in [3.8, 4) is 17.0 Å². The number of thiazole rings is 1. The normalized spacial score (nSPS) is 13.3. The molecule has 27 heavy (non-hydrogen) atoms. The second-order valence-corrected chi connectivity index (χ2v) is 7.78. The lowest BCUT2D eigenvalue weighted by Crippen LogP contribution is -2.38. The van der Waals surface area contributed by atoms with Crippen molar-refractivity contribution >= 4 is 28.1 Å². The average molecular weight is 379 g/mol. The highest BCUT2D eigenvalue weighted by atomic mass is 32.1. The summed E-state index contributed by atoms with van der Waals surface area (Å²) in [5.41, 5.74) is 9.88. The molecule has 3 aromatic rings. The lowest BCUT2D eigenvalue weighted by Gasteiger charge is -2.29. The zero-order valence-electron chi connectivity index (χ0n) is 15.1. The lowest BCUT2D eigenvalue weighted by atomic mass is 10.0. The molecule has 0 aliphatic carbocycles. The molecule has 4 rings (SSSR count). The number of amides is 1. The number of aryl methyl sites for hydroxylation is 2. The van der Waals surface area contributed by atoms with Crippen molar-refractivity contribution in [3.05, 3.63) is 59.0 Å².